The fourth-order valence-electron chi connectivity index (χ4n) is 3.78. The van der Waals surface area contributed by atoms with Crippen LogP contribution in [0.25, 0.3) is 0 Å². The van der Waals surface area contributed by atoms with E-state index in [1.165, 1.54) is 6.26 Å². The van der Waals surface area contributed by atoms with Crippen molar-refractivity contribution in [2.24, 2.45) is 0 Å². The maximum atomic E-state index is 12.8. The summed E-state index contributed by atoms with van der Waals surface area (Å²) in [6, 6.07) is 16.6. The van der Waals surface area contributed by atoms with Crippen LogP contribution < -0.4 is 13.9 Å². The lowest BCUT2D eigenvalue weighted by molar-refractivity contribution is -0.116. The summed E-state index contributed by atoms with van der Waals surface area (Å²) in [7, 11) is -1.86. The van der Waals surface area contributed by atoms with Crippen LogP contribution in [0.15, 0.2) is 54.6 Å². The predicted molar refractivity (Wildman–Crippen MR) is 115 cm³/mol. The number of anilines is 1. The number of carbonyl (C=O) groups is 1. The molecular weight excluding hydrogens is 390 g/mol. The van der Waals surface area contributed by atoms with Gasteiger partial charge in [0.1, 0.15) is 13.1 Å². The Balaban J connectivity index is 1.64. The van der Waals surface area contributed by atoms with Gasteiger partial charge in [0, 0.05) is 37.8 Å². The molecule has 1 heterocycles. The normalized spacial score (nSPS) is 16.9. The Labute approximate surface area is 172 Å². The predicted octanol–water partition coefficient (Wildman–Crippen LogP) is 2.31. The van der Waals surface area contributed by atoms with Crippen molar-refractivity contribution in [1.29, 1.82) is 0 Å². The van der Waals surface area contributed by atoms with Crippen molar-refractivity contribution in [2.75, 3.05) is 51.4 Å². The topological polar surface area (TPSA) is 75.7 Å². The minimum absolute atomic E-state index is 0.0460. The van der Waals surface area contributed by atoms with E-state index in [1.54, 1.807) is 13.2 Å². The number of nitrogens with zero attached hydrogens (tertiary/aromatic N) is 2. The van der Waals surface area contributed by atoms with Crippen molar-refractivity contribution in [1.82, 2.24) is 8.79 Å². The van der Waals surface area contributed by atoms with Crippen LogP contribution in [0.4, 0.5) is 11.4 Å². The second-order valence-corrected chi connectivity index (χ2v) is 9.41. The first-order valence-corrected chi connectivity index (χ1v) is 11.5. The molecule has 0 aliphatic carbocycles. The van der Waals surface area contributed by atoms with Crippen molar-refractivity contribution < 1.29 is 17.9 Å². The van der Waals surface area contributed by atoms with Crippen LogP contribution in [0.2, 0.25) is 0 Å². The maximum absolute atomic E-state index is 12.8. The van der Waals surface area contributed by atoms with E-state index in [1.807, 2.05) is 48.5 Å². The van der Waals surface area contributed by atoms with Gasteiger partial charge in [0.25, 0.3) is 10.0 Å². The number of quaternary nitrogens is 1. The Bertz CT molecular complexity index is 939. The molecule has 3 rings (SSSR count). The highest BCUT2D eigenvalue weighted by atomic mass is 32.2. The van der Waals surface area contributed by atoms with E-state index < -0.39 is 10.0 Å². The van der Waals surface area contributed by atoms with Gasteiger partial charge >= 0.3 is 0 Å². The van der Waals surface area contributed by atoms with Gasteiger partial charge in [-0.15, -0.1) is 0 Å². The van der Waals surface area contributed by atoms with Crippen molar-refractivity contribution in [3.8, 4) is 5.75 Å². The van der Waals surface area contributed by atoms with Crippen LogP contribution in [-0.2, 0) is 14.8 Å². The third-order valence-corrected chi connectivity index (χ3v) is 7.26. The highest BCUT2D eigenvalue weighted by Gasteiger charge is 2.45. The fraction of sp³-hybridized carbons (Fsp3) is 0.381. The summed E-state index contributed by atoms with van der Waals surface area (Å²) < 4.78 is 30.9. The molecule has 2 aromatic carbocycles. The van der Waals surface area contributed by atoms with Crippen LogP contribution in [-0.4, -0.2) is 65.3 Å². The molecule has 0 atom stereocenters. The fourth-order valence-corrected chi connectivity index (χ4v) is 5.11. The highest BCUT2D eigenvalue weighted by molar-refractivity contribution is 7.90. The first-order valence-electron chi connectivity index (χ1n) is 9.64. The molecule has 8 heteroatoms. The smallest absolute Gasteiger partial charge is 0.299 e. The first-order chi connectivity index (χ1) is 13.9. The molecule has 0 radical (unpaired) electrons. The Kier molecular flexibility index (Phi) is 6.56. The lowest BCUT2D eigenvalue weighted by atomic mass is 10.2. The molecule has 0 bridgehead atoms. The van der Waals surface area contributed by atoms with Gasteiger partial charge < -0.3 is 10.1 Å². The number of carbonyl (C=O) groups excluding carboxylic acids is 1. The number of ether oxygens (including phenoxy) is 1. The number of hydrogen-bond acceptors (Lipinski definition) is 5. The SMILES string of the molecule is COc1ccccc1[N+]1(S(C)(=O)=O)CCN(CCC(=O)Nc2ccccc2)CC1. The highest BCUT2D eigenvalue weighted by Crippen LogP contribution is 2.37. The second kappa shape index (κ2) is 8.94. The maximum Gasteiger partial charge on any atom is 0.299 e. The number of para-hydroxylation sites is 3. The average molecular weight is 419 g/mol. The number of rotatable bonds is 7. The van der Waals surface area contributed by atoms with E-state index in [4.69, 9.17) is 4.74 Å². The van der Waals surface area contributed by atoms with Crippen molar-refractivity contribution in [2.45, 2.75) is 6.42 Å². The number of nitrogens with one attached hydrogen (secondary N) is 1. The van der Waals surface area contributed by atoms with Gasteiger partial charge in [-0.05, 0) is 18.2 Å². The van der Waals surface area contributed by atoms with Gasteiger partial charge in [0.15, 0.2) is 11.4 Å². The van der Waals surface area contributed by atoms with E-state index in [0.29, 0.717) is 50.6 Å². The molecule has 0 aromatic heterocycles. The van der Waals surface area contributed by atoms with E-state index >= 15 is 0 Å². The van der Waals surface area contributed by atoms with Crippen LogP contribution in [0.3, 0.4) is 0 Å². The molecule has 1 aliphatic rings. The van der Waals surface area contributed by atoms with E-state index in [9.17, 15) is 13.2 Å². The molecule has 0 saturated carbocycles. The number of benzene rings is 2. The molecular formula is C21H28N3O4S+. The van der Waals surface area contributed by atoms with Crippen molar-refractivity contribution >= 4 is 27.3 Å². The number of hydrogen-bond donors (Lipinski definition) is 1. The number of piperazine rings is 1. The summed E-state index contributed by atoms with van der Waals surface area (Å²) in [5, 5.41) is 2.88. The van der Waals surface area contributed by atoms with Gasteiger partial charge in [0.2, 0.25) is 5.91 Å². The molecule has 0 spiro atoms. The van der Waals surface area contributed by atoms with Gasteiger partial charge in [-0.1, -0.05) is 30.3 Å². The standard InChI is InChI=1S/C21H27N3O4S/c1-28-20-11-7-6-10-19(20)24(29(2,26)27)16-14-23(15-17-24)13-12-21(25)22-18-8-4-3-5-9-18/h3-11H,12-17H2,1-2H3/p+1. The quantitative estimate of drug-likeness (QED) is 0.699. The van der Waals surface area contributed by atoms with Crippen LogP contribution in [0.5, 0.6) is 5.75 Å². The van der Waals surface area contributed by atoms with Crippen LogP contribution >= 0.6 is 0 Å². The van der Waals surface area contributed by atoms with Gasteiger partial charge in [-0.2, -0.15) is 12.3 Å². The van der Waals surface area contributed by atoms with E-state index in [-0.39, 0.29) is 9.80 Å². The minimum atomic E-state index is -3.42. The van der Waals surface area contributed by atoms with Crippen molar-refractivity contribution in [3.63, 3.8) is 0 Å². The Morgan fingerprint density at radius 1 is 1.07 bits per heavy atom. The summed E-state index contributed by atoms with van der Waals surface area (Å²) in [5.41, 5.74) is 1.44. The monoisotopic (exact) mass is 418 g/mol. The molecule has 1 amide bonds. The van der Waals surface area contributed by atoms with E-state index in [0.717, 1.165) is 5.69 Å². The Morgan fingerprint density at radius 2 is 1.69 bits per heavy atom. The van der Waals surface area contributed by atoms with Gasteiger partial charge in [-0.25, -0.2) is 0 Å². The summed E-state index contributed by atoms with van der Waals surface area (Å²) in [6.45, 7) is 2.60. The van der Waals surface area contributed by atoms with Gasteiger partial charge in [-0.3, -0.25) is 9.69 Å². The third kappa shape index (κ3) is 4.77. The Hall–Kier alpha value is -2.42. The molecule has 2 aromatic rings. The largest absolute Gasteiger partial charge is 0.491 e. The summed E-state index contributed by atoms with van der Waals surface area (Å²) in [4.78, 5) is 14.3. The van der Waals surface area contributed by atoms with Crippen LogP contribution in [0, 0.1) is 0 Å². The molecule has 1 fully saturated rings. The first kappa shape index (κ1) is 21.3. The molecule has 1 aliphatic heterocycles. The second-order valence-electron chi connectivity index (χ2n) is 7.25. The molecule has 29 heavy (non-hydrogen) atoms. The number of sulfonamides is 1. The molecule has 156 valence electrons. The van der Waals surface area contributed by atoms with Crippen molar-refractivity contribution in [3.05, 3.63) is 54.6 Å². The number of amides is 1. The molecule has 1 N–H and O–H groups in total. The summed E-state index contributed by atoms with van der Waals surface area (Å²) in [6.07, 6.45) is 1.64. The zero-order valence-electron chi connectivity index (χ0n) is 16.9. The lowest BCUT2D eigenvalue weighted by Gasteiger charge is -2.42. The summed E-state index contributed by atoms with van der Waals surface area (Å²) >= 11 is 0. The Morgan fingerprint density at radius 3 is 2.31 bits per heavy atom. The molecule has 0 unspecified atom stereocenters. The molecule has 1 saturated heterocycles. The number of methoxy groups -OCH3 is 1. The molecule has 7 nitrogen and oxygen atoms in total. The average Bonchev–Trinajstić information content (AvgIpc) is 2.72. The minimum Gasteiger partial charge on any atom is -0.491 e. The van der Waals surface area contributed by atoms with Gasteiger partial charge in [0.05, 0.1) is 13.4 Å². The van der Waals surface area contributed by atoms with Crippen LogP contribution in [0.1, 0.15) is 6.42 Å². The summed E-state index contributed by atoms with van der Waals surface area (Å²) in [5.74, 6) is 0.531. The van der Waals surface area contributed by atoms with E-state index in [2.05, 4.69) is 10.2 Å². The zero-order valence-corrected chi connectivity index (χ0v) is 17.7. The zero-order chi connectivity index (χ0) is 20.9. The third-order valence-electron chi connectivity index (χ3n) is 5.43. The lowest BCUT2D eigenvalue weighted by Crippen LogP contribution is -2.63.